The molecule has 0 heterocycles. The van der Waals surface area contributed by atoms with Crippen LogP contribution in [0.3, 0.4) is 0 Å². The molecule has 0 N–H and O–H groups in total. The molecular weight excluding hydrogens is 152 g/mol. The van der Waals surface area contributed by atoms with Gasteiger partial charge in [0.15, 0.2) is 0 Å². The van der Waals surface area contributed by atoms with E-state index in [0.29, 0.717) is 11.8 Å². The molecule has 0 bridgehead atoms. The van der Waals surface area contributed by atoms with Crippen LogP contribution in [0.2, 0.25) is 0 Å². The van der Waals surface area contributed by atoms with E-state index in [4.69, 9.17) is 4.74 Å². The Bertz CT molecular complexity index is 121. The van der Waals surface area contributed by atoms with Gasteiger partial charge in [-0.25, -0.2) is 4.79 Å². The van der Waals surface area contributed by atoms with Gasteiger partial charge in [-0.3, -0.25) is 0 Å². The second-order valence-corrected chi connectivity index (χ2v) is 3.63. The number of rotatable bonds is 6. The minimum Gasteiger partial charge on any atom is -0.454 e. The Morgan fingerprint density at radius 3 is 2.25 bits per heavy atom. The topological polar surface area (TPSA) is 26.3 Å². The molecule has 12 heavy (non-hydrogen) atoms. The van der Waals surface area contributed by atoms with Gasteiger partial charge in [0, 0.05) is 0 Å². The SMILES string of the molecule is CCCC(O[C]=O)C(C)C(C)C. The summed E-state index contributed by atoms with van der Waals surface area (Å²) in [4.78, 5) is 10.1. The first-order valence-corrected chi connectivity index (χ1v) is 4.66. The minimum atomic E-state index is 0.0486. The molecule has 1 radical (unpaired) electrons. The fourth-order valence-corrected chi connectivity index (χ4v) is 1.20. The number of hydrogen-bond donors (Lipinski definition) is 0. The molecule has 0 aliphatic rings. The van der Waals surface area contributed by atoms with Gasteiger partial charge in [0.05, 0.1) is 0 Å². The van der Waals surface area contributed by atoms with E-state index in [1.54, 1.807) is 0 Å². The van der Waals surface area contributed by atoms with Crippen molar-refractivity contribution in [1.29, 1.82) is 0 Å². The molecule has 0 amide bonds. The van der Waals surface area contributed by atoms with Crippen molar-refractivity contribution in [1.82, 2.24) is 0 Å². The molecule has 0 aromatic carbocycles. The van der Waals surface area contributed by atoms with Gasteiger partial charge in [0.25, 0.3) is 0 Å². The van der Waals surface area contributed by atoms with E-state index >= 15 is 0 Å². The van der Waals surface area contributed by atoms with E-state index in [1.165, 1.54) is 6.47 Å². The summed E-state index contributed by atoms with van der Waals surface area (Å²) in [5.41, 5.74) is 0. The van der Waals surface area contributed by atoms with Gasteiger partial charge in [0.2, 0.25) is 0 Å². The number of hydrogen-bond acceptors (Lipinski definition) is 2. The van der Waals surface area contributed by atoms with Crippen molar-refractivity contribution in [2.75, 3.05) is 0 Å². The van der Waals surface area contributed by atoms with Crippen molar-refractivity contribution in [3.05, 3.63) is 0 Å². The van der Waals surface area contributed by atoms with Crippen LogP contribution < -0.4 is 0 Å². The van der Waals surface area contributed by atoms with Crippen molar-refractivity contribution in [3.63, 3.8) is 0 Å². The molecule has 0 saturated heterocycles. The molecule has 0 spiro atoms. The molecule has 0 saturated carbocycles. The monoisotopic (exact) mass is 171 g/mol. The third-order valence-electron chi connectivity index (χ3n) is 2.41. The van der Waals surface area contributed by atoms with E-state index in [9.17, 15) is 4.79 Å². The Balaban J connectivity index is 3.98. The Labute approximate surface area is 75.3 Å². The maximum atomic E-state index is 10.1. The van der Waals surface area contributed by atoms with Gasteiger partial charge in [-0.1, -0.05) is 34.1 Å². The van der Waals surface area contributed by atoms with E-state index in [2.05, 4.69) is 27.7 Å². The normalized spacial score (nSPS) is 15.8. The zero-order valence-electron chi connectivity index (χ0n) is 8.46. The van der Waals surface area contributed by atoms with Gasteiger partial charge in [-0.15, -0.1) is 0 Å². The average molecular weight is 171 g/mol. The van der Waals surface area contributed by atoms with Crippen molar-refractivity contribution < 1.29 is 9.53 Å². The summed E-state index contributed by atoms with van der Waals surface area (Å²) in [6.07, 6.45) is 2.03. The lowest BCUT2D eigenvalue weighted by atomic mass is 9.90. The predicted molar refractivity (Wildman–Crippen MR) is 49.5 cm³/mol. The average Bonchev–Trinajstić information content (AvgIpc) is 2.03. The molecule has 0 aromatic heterocycles. The zero-order valence-corrected chi connectivity index (χ0v) is 8.46. The van der Waals surface area contributed by atoms with Gasteiger partial charge in [0.1, 0.15) is 6.10 Å². The molecule has 0 aromatic rings. The molecule has 0 aliphatic heterocycles. The highest BCUT2D eigenvalue weighted by Gasteiger charge is 2.20. The third kappa shape index (κ3) is 3.74. The first-order chi connectivity index (χ1) is 5.63. The van der Waals surface area contributed by atoms with Crippen molar-refractivity contribution in [2.45, 2.75) is 46.6 Å². The first-order valence-electron chi connectivity index (χ1n) is 4.66. The first kappa shape index (κ1) is 11.5. The van der Waals surface area contributed by atoms with Gasteiger partial charge < -0.3 is 4.74 Å². The molecule has 71 valence electrons. The van der Waals surface area contributed by atoms with Crippen LogP contribution in [-0.4, -0.2) is 12.6 Å². The second kappa shape index (κ2) is 6.04. The second-order valence-electron chi connectivity index (χ2n) is 3.63. The third-order valence-corrected chi connectivity index (χ3v) is 2.41. The maximum absolute atomic E-state index is 10.1. The standard InChI is InChI=1S/C10H19O2/c1-5-6-10(12-7-11)9(4)8(2)3/h8-10H,5-6H2,1-4H3. The van der Waals surface area contributed by atoms with Crippen LogP contribution in [0.1, 0.15) is 40.5 Å². The quantitative estimate of drug-likeness (QED) is 0.614. The summed E-state index contributed by atoms with van der Waals surface area (Å²) in [6, 6.07) is 0. The largest absolute Gasteiger partial charge is 0.454 e. The molecule has 0 rings (SSSR count). The highest BCUT2D eigenvalue weighted by atomic mass is 16.5. The van der Waals surface area contributed by atoms with E-state index < -0.39 is 0 Å². The summed E-state index contributed by atoms with van der Waals surface area (Å²) in [6.45, 7) is 10.0. The van der Waals surface area contributed by atoms with Crippen molar-refractivity contribution in [2.24, 2.45) is 11.8 Å². The van der Waals surface area contributed by atoms with E-state index in [0.717, 1.165) is 12.8 Å². The molecule has 2 heteroatoms. The lowest BCUT2D eigenvalue weighted by Gasteiger charge is -2.24. The van der Waals surface area contributed by atoms with Crippen molar-refractivity contribution in [3.8, 4) is 0 Å². The zero-order chi connectivity index (χ0) is 9.56. The Morgan fingerprint density at radius 1 is 1.33 bits per heavy atom. The summed E-state index contributed by atoms with van der Waals surface area (Å²) in [7, 11) is 0. The van der Waals surface area contributed by atoms with E-state index in [1.807, 2.05) is 0 Å². The number of carbonyl (C=O) groups excluding carboxylic acids is 1. The molecule has 2 nitrogen and oxygen atoms in total. The van der Waals surface area contributed by atoms with Crippen LogP contribution >= 0.6 is 0 Å². The Morgan fingerprint density at radius 2 is 1.92 bits per heavy atom. The highest BCUT2D eigenvalue weighted by molar-refractivity contribution is 5.38. The lowest BCUT2D eigenvalue weighted by Crippen LogP contribution is -2.25. The fraction of sp³-hybridized carbons (Fsp3) is 0.900. The summed E-state index contributed by atoms with van der Waals surface area (Å²) in [5, 5.41) is 0. The van der Waals surface area contributed by atoms with Crippen LogP contribution in [0.15, 0.2) is 0 Å². The molecule has 2 atom stereocenters. The smallest absolute Gasteiger partial charge is 0.417 e. The molecule has 0 fully saturated rings. The van der Waals surface area contributed by atoms with Gasteiger partial charge >= 0.3 is 6.47 Å². The Hall–Kier alpha value is -0.530. The molecule has 2 unspecified atom stereocenters. The summed E-state index contributed by atoms with van der Waals surface area (Å²) >= 11 is 0. The molecule has 0 aliphatic carbocycles. The highest BCUT2D eigenvalue weighted by Crippen LogP contribution is 2.20. The molecular formula is C10H19O2. The lowest BCUT2D eigenvalue weighted by molar-refractivity contribution is 0.0903. The van der Waals surface area contributed by atoms with Gasteiger partial charge in [-0.2, -0.15) is 0 Å². The predicted octanol–water partition coefficient (Wildman–Crippen LogP) is 2.53. The summed E-state index contributed by atoms with van der Waals surface area (Å²) in [5.74, 6) is 0.973. The van der Waals surface area contributed by atoms with Crippen LogP contribution in [0.4, 0.5) is 0 Å². The van der Waals surface area contributed by atoms with Crippen molar-refractivity contribution >= 4 is 6.47 Å². The van der Waals surface area contributed by atoms with Gasteiger partial charge in [-0.05, 0) is 18.3 Å². The van der Waals surface area contributed by atoms with Crippen LogP contribution in [0.5, 0.6) is 0 Å². The maximum Gasteiger partial charge on any atom is 0.417 e. The van der Waals surface area contributed by atoms with Crippen LogP contribution in [-0.2, 0) is 9.53 Å². The fourth-order valence-electron chi connectivity index (χ4n) is 1.20. The summed E-state index contributed by atoms with van der Waals surface area (Å²) < 4.78 is 4.90. The van der Waals surface area contributed by atoms with Crippen LogP contribution in [0, 0.1) is 11.8 Å². The minimum absolute atomic E-state index is 0.0486. The Kier molecular flexibility index (Phi) is 5.77. The van der Waals surface area contributed by atoms with E-state index in [-0.39, 0.29) is 6.10 Å². The van der Waals surface area contributed by atoms with Crippen LogP contribution in [0.25, 0.3) is 0 Å². The number of ether oxygens (including phenoxy) is 1.